The first-order valence-corrected chi connectivity index (χ1v) is 5.37. The number of ether oxygens (including phenoxy) is 1. The molecule has 0 bridgehead atoms. The predicted octanol–water partition coefficient (Wildman–Crippen LogP) is -0.371. The van der Waals surface area contributed by atoms with Gasteiger partial charge in [-0.15, -0.1) is 0 Å². The zero-order valence-corrected chi connectivity index (χ0v) is 9.37. The number of carbonyl (C=O) groups is 1. The molecule has 0 radical (unpaired) electrons. The van der Waals surface area contributed by atoms with Gasteiger partial charge in [0, 0.05) is 26.8 Å². The summed E-state index contributed by atoms with van der Waals surface area (Å²) in [5, 5.41) is 11.3. The molecule has 5 nitrogen and oxygen atoms in total. The van der Waals surface area contributed by atoms with Crippen LogP contribution >= 0.6 is 0 Å². The van der Waals surface area contributed by atoms with Gasteiger partial charge < -0.3 is 20.9 Å². The molecule has 1 unspecified atom stereocenters. The second-order valence-electron chi connectivity index (χ2n) is 3.39. The van der Waals surface area contributed by atoms with Crippen molar-refractivity contribution in [2.75, 3.05) is 26.8 Å². The monoisotopic (exact) mass is 218 g/mol. The van der Waals surface area contributed by atoms with E-state index in [1.807, 2.05) is 0 Å². The third kappa shape index (κ3) is 7.30. The molecule has 0 aliphatic heterocycles. The average molecular weight is 218 g/mol. The van der Waals surface area contributed by atoms with Crippen LogP contribution in [-0.4, -0.2) is 43.9 Å². The molecule has 0 fully saturated rings. The average Bonchev–Trinajstić information content (AvgIpc) is 2.25. The molecule has 15 heavy (non-hydrogen) atoms. The quantitative estimate of drug-likeness (QED) is 0.461. The van der Waals surface area contributed by atoms with E-state index in [-0.39, 0.29) is 19.1 Å². The summed E-state index contributed by atoms with van der Waals surface area (Å²) in [7, 11) is 1.47. The molecule has 0 saturated heterocycles. The first-order chi connectivity index (χ1) is 7.26. The molecule has 0 saturated carbocycles. The van der Waals surface area contributed by atoms with E-state index in [0.29, 0.717) is 6.54 Å². The van der Waals surface area contributed by atoms with E-state index in [9.17, 15) is 4.79 Å². The summed E-state index contributed by atoms with van der Waals surface area (Å²) < 4.78 is 4.89. The van der Waals surface area contributed by atoms with Crippen molar-refractivity contribution in [2.24, 2.45) is 5.73 Å². The van der Waals surface area contributed by atoms with Gasteiger partial charge in [-0.05, 0) is 12.8 Å². The number of hydrogen-bond acceptors (Lipinski definition) is 4. The fraction of sp³-hybridized carbons (Fsp3) is 0.900. The Morgan fingerprint density at radius 1 is 1.40 bits per heavy atom. The molecule has 0 aromatic rings. The topological polar surface area (TPSA) is 84.6 Å². The van der Waals surface area contributed by atoms with E-state index in [4.69, 9.17) is 15.6 Å². The molecule has 0 aromatic heterocycles. The smallest absolute Gasteiger partial charge is 0.250 e. The van der Waals surface area contributed by atoms with Gasteiger partial charge in [-0.1, -0.05) is 12.8 Å². The Morgan fingerprint density at radius 2 is 2.07 bits per heavy atom. The summed E-state index contributed by atoms with van der Waals surface area (Å²) in [4.78, 5) is 11.3. The van der Waals surface area contributed by atoms with Crippen LogP contribution in [0, 0.1) is 0 Å². The number of methoxy groups -OCH3 is 1. The summed E-state index contributed by atoms with van der Waals surface area (Å²) in [6.45, 7) is 1.09. The van der Waals surface area contributed by atoms with Gasteiger partial charge in [0.2, 0.25) is 5.91 Å². The molecule has 0 aliphatic rings. The Bertz CT molecular complexity index is 161. The van der Waals surface area contributed by atoms with Crippen molar-refractivity contribution in [2.45, 2.75) is 31.8 Å². The van der Waals surface area contributed by atoms with E-state index in [1.54, 1.807) is 0 Å². The number of rotatable bonds is 9. The number of nitrogens with two attached hydrogens (primary N) is 1. The number of aliphatic hydroxyl groups is 1. The molecular formula is C10H22N2O3. The highest BCUT2D eigenvalue weighted by atomic mass is 16.5. The van der Waals surface area contributed by atoms with Gasteiger partial charge in [0.25, 0.3) is 0 Å². The maximum absolute atomic E-state index is 11.3. The zero-order valence-electron chi connectivity index (χ0n) is 9.37. The molecule has 90 valence electrons. The summed E-state index contributed by atoms with van der Waals surface area (Å²) in [5.74, 6) is -0.151. The van der Waals surface area contributed by atoms with Crippen LogP contribution in [0.2, 0.25) is 0 Å². The zero-order chi connectivity index (χ0) is 11.5. The Labute approximate surface area is 91.0 Å². The molecule has 1 atom stereocenters. The SMILES string of the molecule is COC(CN)C(=O)NCCCCCCO. The number of hydrogen-bond donors (Lipinski definition) is 3. The van der Waals surface area contributed by atoms with Gasteiger partial charge in [-0.3, -0.25) is 4.79 Å². The van der Waals surface area contributed by atoms with Crippen molar-refractivity contribution in [3.05, 3.63) is 0 Å². The normalized spacial score (nSPS) is 12.5. The molecule has 4 N–H and O–H groups in total. The van der Waals surface area contributed by atoms with Gasteiger partial charge in [0.15, 0.2) is 0 Å². The Morgan fingerprint density at radius 3 is 2.60 bits per heavy atom. The van der Waals surface area contributed by atoms with Crippen molar-refractivity contribution in [3.8, 4) is 0 Å². The molecule has 0 heterocycles. The molecule has 0 rings (SSSR count). The summed E-state index contributed by atoms with van der Waals surface area (Å²) >= 11 is 0. The van der Waals surface area contributed by atoms with E-state index >= 15 is 0 Å². The first-order valence-electron chi connectivity index (χ1n) is 5.37. The standard InChI is InChI=1S/C10H22N2O3/c1-15-9(8-11)10(14)12-6-4-2-3-5-7-13/h9,13H,2-8,11H2,1H3,(H,12,14). The van der Waals surface area contributed by atoms with Gasteiger partial charge in [-0.2, -0.15) is 0 Å². The molecular weight excluding hydrogens is 196 g/mol. The van der Waals surface area contributed by atoms with Crippen LogP contribution in [-0.2, 0) is 9.53 Å². The maximum Gasteiger partial charge on any atom is 0.250 e. The van der Waals surface area contributed by atoms with E-state index in [2.05, 4.69) is 5.32 Å². The van der Waals surface area contributed by atoms with Crippen molar-refractivity contribution in [1.82, 2.24) is 5.32 Å². The van der Waals surface area contributed by atoms with Crippen LogP contribution in [0.25, 0.3) is 0 Å². The van der Waals surface area contributed by atoms with Crippen LogP contribution in [0.15, 0.2) is 0 Å². The van der Waals surface area contributed by atoms with Gasteiger partial charge in [0.05, 0.1) is 0 Å². The fourth-order valence-corrected chi connectivity index (χ4v) is 1.23. The minimum Gasteiger partial charge on any atom is -0.396 e. The lowest BCUT2D eigenvalue weighted by atomic mass is 10.2. The third-order valence-corrected chi connectivity index (χ3v) is 2.18. The molecule has 1 amide bonds. The highest BCUT2D eigenvalue weighted by molar-refractivity contribution is 5.80. The summed E-state index contributed by atoms with van der Waals surface area (Å²) in [6.07, 6.45) is 3.23. The van der Waals surface area contributed by atoms with Crippen molar-refractivity contribution in [3.63, 3.8) is 0 Å². The summed E-state index contributed by atoms with van der Waals surface area (Å²) in [6, 6.07) is 0. The van der Waals surface area contributed by atoms with Crippen LogP contribution in [0.3, 0.4) is 0 Å². The largest absolute Gasteiger partial charge is 0.396 e. The number of aliphatic hydroxyl groups excluding tert-OH is 1. The minimum atomic E-state index is -0.539. The van der Waals surface area contributed by atoms with Crippen LogP contribution < -0.4 is 11.1 Å². The highest BCUT2D eigenvalue weighted by Crippen LogP contribution is 1.97. The summed E-state index contributed by atoms with van der Waals surface area (Å²) in [5.41, 5.74) is 5.34. The fourth-order valence-electron chi connectivity index (χ4n) is 1.23. The maximum atomic E-state index is 11.3. The second-order valence-corrected chi connectivity index (χ2v) is 3.39. The first kappa shape index (κ1) is 14.3. The van der Waals surface area contributed by atoms with Crippen LogP contribution in [0.1, 0.15) is 25.7 Å². The van der Waals surface area contributed by atoms with Crippen molar-refractivity contribution in [1.29, 1.82) is 0 Å². The molecule has 0 aromatic carbocycles. The predicted molar refractivity (Wildman–Crippen MR) is 58.4 cm³/mol. The number of unbranched alkanes of at least 4 members (excludes halogenated alkanes) is 3. The Balaban J connectivity index is 3.38. The number of nitrogens with one attached hydrogen (secondary N) is 1. The van der Waals surface area contributed by atoms with E-state index < -0.39 is 6.10 Å². The van der Waals surface area contributed by atoms with Crippen molar-refractivity contribution < 1.29 is 14.6 Å². The lowest BCUT2D eigenvalue weighted by Crippen LogP contribution is -2.40. The number of carbonyl (C=O) groups excluding carboxylic acids is 1. The molecule has 0 spiro atoms. The second kappa shape index (κ2) is 9.89. The molecule has 0 aliphatic carbocycles. The van der Waals surface area contributed by atoms with Gasteiger partial charge >= 0.3 is 0 Å². The van der Waals surface area contributed by atoms with Gasteiger partial charge in [0.1, 0.15) is 6.10 Å². The van der Waals surface area contributed by atoms with Crippen LogP contribution in [0.5, 0.6) is 0 Å². The number of amides is 1. The van der Waals surface area contributed by atoms with E-state index in [1.165, 1.54) is 7.11 Å². The van der Waals surface area contributed by atoms with E-state index in [0.717, 1.165) is 25.7 Å². The van der Waals surface area contributed by atoms with Crippen molar-refractivity contribution >= 4 is 5.91 Å². The lowest BCUT2D eigenvalue weighted by Gasteiger charge is -2.12. The molecule has 5 heteroatoms. The highest BCUT2D eigenvalue weighted by Gasteiger charge is 2.14. The Kier molecular flexibility index (Phi) is 9.46. The minimum absolute atomic E-state index is 0.151. The van der Waals surface area contributed by atoms with Crippen LogP contribution in [0.4, 0.5) is 0 Å². The lowest BCUT2D eigenvalue weighted by molar-refractivity contribution is -0.130. The Hall–Kier alpha value is -0.650. The van der Waals surface area contributed by atoms with Gasteiger partial charge in [-0.25, -0.2) is 0 Å². The third-order valence-electron chi connectivity index (χ3n) is 2.18.